The molecule has 0 unspecified atom stereocenters. The fraction of sp³-hybridized carbons (Fsp3) is 0.353. The number of hydrogen-bond donors (Lipinski definition) is 1. The van der Waals surface area contributed by atoms with Gasteiger partial charge in [0.1, 0.15) is 0 Å². The molecule has 2 aromatic rings. The molecule has 110 valence electrons. The molecule has 1 amide bonds. The molecule has 2 N–H and O–H groups in total. The van der Waals surface area contributed by atoms with E-state index in [0.717, 1.165) is 41.4 Å². The van der Waals surface area contributed by atoms with Crippen LogP contribution >= 0.6 is 11.3 Å². The molecule has 1 aromatic carbocycles. The number of hydrogen-bond acceptors (Lipinski definition) is 3. The number of nitrogen functional groups attached to an aromatic ring is 1. The molecule has 4 heteroatoms. The molecule has 1 aliphatic rings. The second-order valence-corrected chi connectivity index (χ2v) is 6.86. The van der Waals surface area contributed by atoms with Gasteiger partial charge in [-0.3, -0.25) is 4.79 Å². The lowest BCUT2D eigenvalue weighted by Crippen LogP contribution is -2.37. The molecule has 2 heterocycles. The Balaban J connectivity index is 1.64. The van der Waals surface area contributed by atoms with Crippen molar-refractivity contribution in [3.05, 3.63) is 51.7 Å². The lowest BCUT2D eigenvalue weighted by atomic mass is 9.89. The summed E-state index contributed by atoms with van der Waals surface area (Å²) in [5.41, 5.74) is 7.96. The Morgan fingerprint density at radius 3 is 2.48 bits per heavy atom. The van der Waals surface area contributed by atoms with Crippen LogP contribution in [0.25, 0.3) is 0 Å². The van der Waals surface area contributed by atoms with Crippen molar-refractivity contribution >= 4 is 22.9 Å². The van der Waals surface area contributed by atoms with Gasteiger partial charge in [0.25, 0.3) is 5.91 Å². The van der Waals surface area contributed by atoms with Crippen LogP contribution in [0.5, 0.6) is 0 Å². The largest absolute Gasteiger partial charge is 0.398 e. The van der Waals surface area contributed by atoms with Crippen LogP contribution in [0, 0.1) is 6.92 Å². The maximum absolute atomic E-state index is 12.5. The summed E-state index contributed by atoms with van der Waals surface area (Å²) in [7, 11) is 0. The second kappa shape index (κ2) is 5.90. The summed E-state index contributed by atoms with van der Waals surface area (Å²) < 4.78 is 0. The number of amides is 1. The van der Waals surface area contributed by atoms with Gasteiger partial charge >= 0.3 is 0 Å². The smallest absolute Gasteiger partial charge is 0.264 e. The first-order chi connectivity index (χ1) is 10.1. The molecule has 21 heavy (non-hydrogen) atoms. The molecule has 0 bridgehead atoms. The minimum absolute atomic E-state index is 0.131. The van der Waals surface area contributed by atoms with Crippen LogP contribution in [0.3, 0.4) is 0 Å². The molecule has 0 saturated carbocycles. The fourth-order valence-corrected chi connectivity index (χ4v) is 3.81. The number of likely N-dealkylation sites (tertiary alicyclic amines) is 1. The van der Waals surface area contributed by atoms with Gasteiger partial charge in [0, 0.05) is 23.7 Å². The van der Waals surface area contributed by atoms with Crippen molar-refractivity contribution in [3.8, 4) is 0 Å². The predicted octanol–water partition coefficient (Wildman–Crippen LogP) is 3.66. The first-order valence-corrected chi connectivity index (χ1v) is 8.17. The number of benzene rings is 1. The molecule has 0 radical (unpaired) electrons. The number of carbonyl (C=O) groups excluding carboxylic acids is 1. The number of carbonyl (C=O) groups is 1. The maximum atomic E-state index is 12.5. The molecule has 1 aliphatic heterocycles. The normalized spacial score (nSPS) is 16.1. The van der Waals surface area contributed by atoms with Crippen LogP contribution in [-0.4, -0.2) is 23.9 Å². The molecular formula is C17H20N2OS. The van der Waals surface area contributed by atoms with Crippen LogP contribution in [-0.2, 0) is 0 Å². The summed E-state index contributed by atoms with van der Waals surface area (Å²) >= 11 is 1.50. The van der Waals surface area contributed by atoms with E-state index in [-0.39, 0.29) is 5.91 Å². The average Bonchev–Trinajstić information content (AvgIpc) is 2.87. The average molecular weight is 300 g/mol. The highest BCUT2D eigenvalue weighted by Crippen LogP contribution is 2.30. The van der Waals surface area contributed by atoms with E-state index in [1.54, 1.807) is 0 Å². The summed E-state index contributed by atoms with van der Waals surface area (Å²) in [6.45, 7) is 3.61. The predicted molar refractivity (Wildman–Crippen MR) is 87.8 cm³/mol. The first kappa shape index (κ1) is 14.1. The van der Waals surface area contributed by atoms with Gasteiger partial charge in [-0.2, -0.15) is 0 Å². The molecule has 3 rings (SSSR count). The van der Waals surface area contributed by atoms with Crippen molar-refractivity contribution in [2.24, 2.45) is 0 Å². The van der Waals surface area contributed by atoms with Crippen molar-refractivity contribution < 1.29 is 4.79 Å². The van der Waals surface area contributed by atoms with E-state index in [1.165, 1.54) is 16.9 Å². The van der Waals surface area contributed by atoms with Gasteiger partial charge in [-0.25, -0.2) is 0 Å². The molecule has 0 aliphatic carbocycles. The quantitative estimate of drug-likeness (QED) is 0.920. The SMILES string of the molecule is Cc1sc(C(=O)N2CCC(c3ccccc3)CC2)cc1N. The van der Waals surface area contributed by atoms with Gasteiger partial charge < -0.3 is 10.6 Å². The van der Waals surface area contributed by atoms with Crippen molar-refractivity contribution in [2.45, 2.75) is 25.7 Å². The number of rotatable bonds is 2. The first-order valence-electron chi connectivity index (χ1n) is 7.35. The Morgan fingerprint density at radius 2 is 1.90 bits per heavy atom. The van der Waals surface area contributed by atoms with Gasteiger partial charge in [-0.15, -0.1) is 11.3 Å². The lowest BCUT2D eigenvalue weighted by Gasteiger charge is -2.32. The molecule has 1 aromatic heterocycles. The molecule has 0 spiro atoms. The standard InChI is InChI=1S/C17H20N2OS/c1-12-15(18)11-16(21-12)17(20)19-9-7-14(8-10-19)13-5-3-2-4-6-13/h2-6,11,14H,7-10,18H2,1H3. The fourth-order valence-electron chi connectivity index (χ4n) is 2.90. The van der Waals surface area contributed by atoms with Gasteiger partial charge in [0.2, 0.25) is 0 Å². The Morgan fingerprint density at radius 1 is 1.24 bits per heavy atom. The number of nitrogens with two attached hydrogens (primary N) is 1. The van der Waals surface area contributed by atoms with Crippen molar-refractivity contribution in [3.63, 3.8) is 0 Å². The van der Waals surface area contributed by atoms with Crippen LogP contribution in [0.4, 0.5) is 5.69 Å². The zero-order chi connectivity index (χ0) is 14.8. The summed E-state index contributed by atoms with van der Waals surface area (Å²) in [5, 5.41) is 0. The Hall–Kier alpha value is -1.81. The van der Waals surface area contributed by atoms with Crippen molar-refractivity contribution in [1.29, 1.82) is 0 Å². The maximum Gasteiger partial charge on any atom is 0.264 e. The highest BCUT2D eigenvalue weighted by atomic mass is 32.1. The zero-order valence-corrected chi connectivity index (χ0v) is 13.0. The van der Waals surface area contributed by atoms with Crippen molar-refractivity contribution in [2.75, 3.05) is 18.8 Å². The summed E-state index contributed by atoms with van der Waals surface area (Å²) in [4.78, 5) is 16.2. The van der Waals surface area contributed by atoms with Crippen LogP contribution in [0.2, 0.25) is 0 Å². The van der Waals surface area contributed by atoms with E-state index in [2.05, 4.69) is 24.3 Å². The number of thiophene rings is 1. The van der Waals surface area contributed by atoms with E-state index in [9.17, 15) is 4.79 Å². The molecule has 1 saturated heterocycles. The Kier molecular flexibility index (Phi) is 3.97. The number of anilines is 1. The minimum atomic E-state index is 0.131. The summed E-state index contributed by atoms with van der Waals surface area (Å²) in [6.07, 6.45) is 2.07. The molecule has 3 nitrogen and oxygen atoms in total. The zero-order valence-electron chi connectivity index (χ0n) is 12.2. The monoisotopic (exact) mass is 300 g/mol. The molecule has 0 atom stereocenters. The lowest BCUT2D eigenvalue weighted by molar-refractivity contribution is 0.0718. The van der Waals surface area contributed by atoms with Gasteiger partial charge in [-0.1, -0.05) is 30.3 Å². The van der Waals surface area contributed by atoms with Crippen LogP contribution in [0.15, 0.2) is 36.4 Å². The summed E-state index contributed by atoms with van der Waals surface area (Å²) in [5.74, 6) is 0.705. The van der Waals surface area contributed by atoms with E-state index in [4.69, 9.17) is 5.73 Å². The van der Waals surface area contributed by atoms with E-state index in [0.29, 0.717) is 5.92 Å². The second-order valence-electron chi connectivity index (χ2n) is 5.60. The highest BCUT2D eigenvalue weighted by molar-refractivity contribution is 7.14. The molecular weight excluding hydrogens is 280 g/mol. The third-order valence-electron chi connectivity index (χ3n) is 4.22. The summed E-state index contributed by atoms with van der Waals surface area (Å²) in [6, 6.07) is 12.4. The number of piperidine rings is 1. The topological polar surface area (TPSA) is 46.3 Å². The number of nitrogens with zero attached hydrogens (tertiary/aromatic N) is 1. The third kappa shape index (κ3) is 2.95. The van der Waals surface area contributed by atoms with E-state index >= 15 is 0 Å². The Labute approximate surface area is 129 Å². The minimum Gasteiger partial charge on any atom is -0.398 e. The Bertz CT molecular complexity index is 608. The molecule has 1 fully saturated rings. The van der Waals surface area contributed by atoms with E-state index < -0.39 is 0 Å². The number of aryl methyl sites for hydroxylation is 1. The van der Waals surface area contributed by atoms with Crippen molar-refractivity contribution in [1.82, 2.24) is 4.90 Å². The van der Waals surface area contributed by atoms with E-state index in [1.807, 2.05) is 24.0 Å². The van der Waals surface area contributed by atoms with Gasteiger partial charge in [-0.05, 0) is 37.3 Å². The van der Waals surface area contributed by atoms with Gasteiger partial charge in [0.05, 0.1) is 4.88 Å². The van der Waals surface area contributed by atoms with Gasteiger partial charge in [0.15, 0.2) is 0 Å². The van der Waals surface area contributed by atoms with Crippen LogP contribution < -0.4 is 5.73 Å². The van der Waals surface area contributed by atoms with Crippen LogP contribution in [0.1, 0.15) is 38.9 Å². The third-order valence-corrected chi connectivity index (χ3v) is 5.27. The highest BCUT2D eigenvalue weighted by Gasteiger charge is 2.25.